The van der Waals surface area contributed by atoms with Crippen LogP contribution in [0.5, 0.6) is 0 Å². The third kappa shape index (κ3) is 4.20. The highest BCUT2D eigenvalue weighted by atomic mass is 19.1. The number of aromatic nitrogens is 2. The lowest BCUT2D eigenvalue weighted by Crippen LogP contribution is -2.40. The molecule has 0 spiro atoms. The molecule has 2 saturated heterocycles. The van der Waals surface area contributed by atoms with E-state index in [2.05, 4.69) is 15.1 Å². The number of morpholine rings is 1. The van der Waals surface area contributed by atoms with E-state index in [0.717, 1.165) is 43.6 Å². The third-order valence-corrected chi connectivity index (χ3v) is 5.39. The molecule has 1 aromatic heterocycles. The van der Waals surface area contributed by atoms with Crippen LogP contribution in [0.1, 0.15) is 47.1 Å². The van der Waals surface area contributed by atoms with Gasteiger partial charge < -0.3 is 9.64 Å². The van der Waals surface area contributed by atoms with Gasteiger partial charge in [-0.3, -0.25) is 14.8 Å². The zero-order chi connectivity index (χ0) is 18.6. The molecule has 0 unspecified atom stereocenters. The van der Waals surface area contributed by atoms with Crippen molar-refractivity contribution in [2.45, 2.75) is 31.8 Å². The molecule has 7 heteroatoms. The average molecular weight is 372 g/mol. The van der Waals surface area contributed by atoms with Gasteiger partial charge in [-0.2, -0.15) is 5.10 Å². The first kappa shape index (κ1) is 18.1. The number of hydrogen-bond donors (Lipinski definition) is 1. The second kappa shape index (κ2) is 8.19. The number of aromatic amines is 1. The summed E-state index contributed by atoms with van der Waals surface area (Å²) in [6, 6.07) is 8.77. The zero-order valence-corrected chi connectivity index (χ0v) is 15.4. The lowest BCUT2D eigenvalue weighted by Gasteiger charge is -2.35. The molecule has 3 heterocycles. The topological polar surface area (TPSA) is 61.5 Å². The number of benzene rings is 1. The van der Waals surface area contributed by atoms with Gasteiger partial charge >= 0.3 is 0 Å². The van der Waals surface area contributed by atoms with Crippen molar-refractivity contribution in [1.82, 2.24) is 20.0 Å². The first-order valence-electron chi connectivity index (χ1n) is 9.61. The van der Waals surface area contributed by atoms with E-state index in [1.807, 2.05) is 18.2 Å². The summed E-state index contributed by atoms with van der Waals surface area (Å²) >= 11 is 0. The quantitative estimate of drug-likeness (QED) is 0.897. The van der Waals surface area contributed by atoms with E-state index in [-0.39, 0.29) is 17.8 Å². The summed E-state index contributed by atoms with van der Waals surface area (Å²) in [5, 5.41) is 7.38. The van der Waals surface area contributed by atoms with Gasteiger partial charge in [-0.1, -0.05) is 18.6 Å². The number of piperidine rings is 1. The average Bonchev–Trinajstić information content (AvgIpc) is 3.20. The van der Waals surface area contributed by atoms with E-state index in [1.165, 1.54) is 12.1 Å². The van der Waals surface area contributed by atoms with E-state index in [9.17, 15) is 9.18 Å². The summed E-state index contributed by atoms with van der Waals surface area (Å²) in [7, 11) is 0. The molecule has 0 bridgehead atoms. The van der Waals surface area contributed by atoms with Crippen LogP contribution >= 0.6 is 0 Å². The fraction of sp³-hybridized carbons (Fsp3) is 0.500. The molecular weight excluding hydrogens is 347 g/mol. The molecule has 0 radical (unpaired) electrons. The van der Waals surface area contributed by atoms with Crippen LogP contribution in [-0.4, -0.2) is 58.8 Å². The lowest BCUT2D eigenvalue weighted by molar-refractivity contribution is 0.0299. The minimum absolute atomic E-state index is 0.0401. The zero-order valence-electron chi connectivity index (χ0n) is 15.4. The van der Waals surface area contributed by atoms with E-state index in [0.29, 0.717) is 32.0 Å². The van der Waals surface area contributed by atoms with Crippen LogP contribution in [0.25, 0.3) is 0 Å². The largest absolute Gasteiger partial charge is 0.378 e. The summed E-state index contributed by atoms with van der Waals surface area (Å²) < 4.78 is 18.5. The van der Waals surface area contributed by atoms with Gasteiger partial charge in [0.05, 0.1) is 24.9 Å². The summed E-state index contributed by atoms with van der Waals surface area (Å²) in [6.07, 6.45) is 3.32. The van der Waals surface area contributed by atoms with Crippen molar-refractivity contribution in [2.75, 3.05) is 32.8 Å². The number of H-pyrrole nitrogens is 1. The predicted octanol–water partition coefficient (Wildman–Crippen LogP) is 2.75. The summed E-state index contributed by atoms with van der Waals surface area (Å²) in [6.45, 7) is 4.13. The van der Waals surface area contributed by atoms with Crippen LogP contribution in [0.3, 0.4) is 0 Å². The highest BCUT2D eigenvalue weighted by Crippen LogP contribution is 2.31. The maximum Gasteiger partial charge on any atom is 0.274 e. The van der Waals surface area contributed by atoms with Crippen LogP contribution in [-0.2, 0) is 11.3 Å². The highest BCUT2D eigenvalue weighted by molar-refractivity contribution is 5.92. The Morgan fingerprint density at radius 3 is 2.74 bits per heavy atom. The Morgan fingerprint density at radius 2 is 1.96 bits per heavy atom. The minimum atomic E-state index is -0.214. The normalized spacial score (nSPS) is 21.4. The molecule has 0 saturated carbocycles. The van der Waals surface area contributed by atoms with Crippen LogP contribution < -0.4 is 0 Å². The molecule has 2 aliphatic heterocycles. The maximum absolute atomic E-state index is 13.2. The van der Waals surface area contributed by atoms with Gasteiger partial charge in [0.1, 0.15) is 11.5 Å². The summed E-state index contributed by atoms with van der Waals surface area (Å²) in [4.78, 5) is 16.8. The number of nitrogens with one attached hydrogen (secondary N) is 1. The monoisotopic (exact) mass is 372 g/mol. The van der Waals surface area contributed by atoms with Crippen molar-refractivity contribution in [3.05, 3.63) is 53.1 Å². The predicted molar refractivity (Wildman–Crippen MR) is 98.7 cm³/mol. The fourth-order valence-electron chi connectivity index (χ4n) is 3.90. The van der Waals surface area contributed by atoms with Crippen molar-refractivity contribution in [3.8, 4) is 0 Å². The lowest BCUT2D eigenvalue weighted by atomic mass is 9.98. The molecule has 6 nitrogen and oxygen atoms in total. The second-order valence-electron chi connectivity index (χ2n) is 7.22. The third-order valence-electron chi connectivity index (χ3n) is 5.39. The standard InChI is InChI=1S/C20H25FN4O2/c21-16-6-4-15(5-7-16)14-25-8-2-1-3-19(25)17-13-18(23-22-17)20(26)24-9-11-27-12-10-24/h4-7,13,19H,1-3,8-12,14H2,(H,22,23)/t19-/m0/s1. The van der Waals surface area contributed by atoms with Gasteiger partial charge in [0.25, 0.3) is 5.91 Å². The molecule has 27 heavy (non-hydrogen) atoms. The molecular formula is C20H25FN4O2. The molecule has 1 atom stereocenters. The number of nitrogens with zero attached hydrogens (tertiary/aromatic N) is 3. The first-order valence-corrected chi connectivity index (χ1v) is 9.61. The fourth-order valence-corrected chi connectivity index (χ4v) is 3.90. The van der Waals surface area contributed by atoms with Crippen molar-refractivity contribution in [3.63, 3.8) is 0 Å². The van der Waals surface area contributed by atoms with Gasteiger partial charge in [0.15, 0.2) is 0 Å². The van der Waals surface area contributed by atoms with Gasteiger partial charge in [0, 0.05) is 19.6 Å². The van der Waals surface area contributed by atoms with Crippen LogP contribution in [0.15, 0.2) is 30.3 Å². The minimum Gasteiger partial charge on any atom is -0.378 e. The number of ether oxygens (including phenoxy) is 1. The van der Waals surface area contributed by atoms with Gasteiger partial charge in [-0.15, -0.1) is 0 Å². The summed E-state index contributed by atoms with van der Waals surface area (Å²) in [5.41, 5.74) is 2.54. The molecule has 144 valence electrons. The maximum atomic E-state index is 13.2. The number of likely N-dealkylation sites (tertiary alicyclic amines) is 1. The molecule has 2 fully saturated rings. The van der Waals surface area contributed by atoms with Crippen LogP contribution in [0, 0.1) is 5.82 Å². The molecule has 4 rings (SSSR count). The number of carbonyl (C=O) groups excluding carboxylic acids is 1. The molecule has 0 aliphatic carbocycles. The molecule has 1 aromatic carbocycles. The van der Waals surface area contributed by atoms with Crippen LogP contribution in [0.4, 0.5) is 4.39 Å². The van der Waals surface area contributed by atoms with E-state index in [1.54, 1.807) is 4.90 Å². The van der Waals surface area contributed by atoms with Gasteiger partial charge in [-0.05, 0) is 43.1 Å². The van der Waals surface area contributed by atoms with E-state index in [4.69, 9.17) is 4.74 Å². The van der Waals surface area contributed by atoms with Crippen molar-refractivity contribution >= 4 is 5.91 Å². The number of amides is 1. The van der Waals surface area contributed by atoms with Crippen molar-refractivity contribution < 1.29 is 13.9 Å². The number of halogens is 1. The Balaban J connectivity index is 1.47. The summed E-state index contributed by atoms with van der Waals surface area (Å²) in [5.74, 6) is -0.254. The second-order valence-corrected chi connectivity index (χ2v) is 7.22. The Hall–Kier alpha value is -2.25. The van der Waals surface area contributed by atoms with Gasteiger partial charge in [-0.25, -0.2) is 4.39 Å². The first-order chi connectivity index (χ1) is 13.2. The molecule has 2 aliphatic rings. The Labute approximate surface area is 158 Å². The number of rotatable bonds is 4. The van der Waals surface area contributed by atoms with Crippen molar-refractivity contribution in [1.29, 1.82) is 0 Å². The smallest absolute Gasteiger partial charge is 0.274 e. The van der Waals surface area contributed by atoms with E-state index < -0.39 is 0 Å². The SMILES string of the molecule is O=C(c1cc([C@@H]2CCCCN2Cc2ccc(F)cc2)[nH]n1)N1CCOCC1. The van der Waals surface area contributed by atoms with Crippen LogP contribution in [0.2, 0.25) is 0 Å². The number of carbonyl (C=O) groups is 1. The van der Waals surface area contributed by atoms with E-state index >= 15 is 0 Å². The molecule has 1 amide bonds. The number of hydrogen-bond acceptors (Lipinski definition) is 4. The highest BCUT2D eigenvalue weighted by Gasteiger charge is 2.28. The molecule has 1 N–H and O–H groups in total. The molecule has 2 aromatic rings. The van der Waals surface area contributed by atoms with Gasteiger partial charge in [0.2, 0.25) is 0 Å². The Kier molecular flexibility index (Phi) is 5.50. The Morgan fingerprint density at radius 1 is 1.19 bits per heavy atom. The Bertz CT molecular complexity index is 771. The van der Waals surface area contributed by atoms with Crippen molar-refractivity contribution in [2.24, 2.45) is 0 Å².